The minimum atomic E-state index is -1.35. The van der Waals surface area contributed by atoms with Crippen LogP contribution in [0, 0.1) is 11.3 Å². The van der Waals surface area contributed by atoms with E-state index >= 15 is 0 Å². The molecule has 1 spiro atoms. The normalized spacial score (nSPS) is 38.7. The molecule has 0 radical (unpaired) electrons. The van der Waals surface area contributed by atoms with Gasteiger partial charge in [0.1, 0.15) is 11.5 Å². The number of carbonyl (C=O) groups excluding carboxylic acids is 3. The van der Waals surface area contributed by atoms with Crippen molar-refractivity contribution >= 4 is 23.5 Å². The van der Waals surface area contributed by atoms with E-state index in [0.717, 1.165) is 24.9 Å². The number of fused-ring (bicyclic) bond motifs is 1. The lowest BCUT2D eigenvalue weighted by Gasteiger charge is -2.64. The molecule has 2 aliphatic carbocycles. The molecule has 8 nitrogen and oxygen atoms in total. The summed E-state index contributed by atoms with van der Waals surface area (Å²) < 4.78 is 16.4. The maximum absolute atomic E-state index is 13.9. The third-order valence-corrected chi connectivity index (χ3v) is 9.20. The van der Waals surface area contributed by atoms with E-state index in [1.54, 1.807) is 13.2 Å². The van der Waals surface area contributed by atoms with Gasteiger partial charge in [-0.2, -0.15) is 0 Å². The molecular weight excluding hydrogens is 412 g/mol. The van der Waals surface area contributed by atoms with Gasteiger partial charge >= 0.3 is 12.1 Å². The number of methoxy groups -OCH3 is 3. The van der Waals surface area contributed by atoms with E-state index < -0.39 is 28.9 Å². The Balaban J connectivity index is 1.76. The first-order chi connectivity index (χ1) is 15.4. The molecule has 1 amide bonds. The molecule has 4 bridgehead atoms. The molecule has 2 saturated carbocycles. The van der Waals surface area contributed by atoms with Crippen LogP contribution in [0.15, 0.2) is 18.2 Å². The van der Waals surface area contributed by atoms with Gasteiger partial charge in [-0.25, -0.2) is 9.59 Å². The van der Waals surface area contributed by atoms with E-state index in [-0.39, 0.29) is 17.2 Å². The Morgan fingerprint density at radius 3 is 2.62 bits per heavy atom. The van der Waals surface area contributed by atoms with Crippen molar-refractivity contribution in [2.24, 2.45) is 11.3 Å². The summed E-state index contributed by atoms with van der Waals surface area (Å²) >= 11 is 0. The highest BCUT2D eigenvalue weighted by molar-refractivity contribution is 6.08. The first-order valence-electron chi connectivity index (χ1n) is 11.3. The molecule has 32 heavy (non-hydrogen) atoms. The van der Waals surface area contributed by atoms with Crippen molar-refractivity contribution in [3.05, 3.63) is 23.8 Å². The summed E-state index contributed by atoms with van der Waals surface area (Å²) in [5.41, 5.74) is -1.05. The number of esters is 1. The molecular formula is C24H28N2O6. The topological polar surface area (TPSA) is 85.4 Å². The largest absolute Gasteiger partial charge is 0.495 e. The summed E-state index contributed by atoms with van der Waals surface area (Å²) in [4.78, 5) is 44.9. The molecule has 0 aromatic heterocycles. The predicted octanol–water partition coefficient (Wildman–Crippen LogP) is 2.28. The SMILES string of the molecule is COC(=O)N1c2c(OC)cccc2[C@]23[C@@H]4CN5CCC[C@@](CC[C@@]12C(=O)OC)(CC4=O)[C@@H]53. The summed E-state index contributed by atoms with van der Waals surface area (Å²) in [7, 11) is 4.23. The highest BCUT2D eigenvalue weighted by Gasteiger charge is 2.84. The quantitative estimate of drug-likeness (QED) is 0.652. The van der Waals surface area contributed by atoms with Crippen molar-refractivity contribution < 1.29 is 28.6 Å². The molecule has 8 heteroatoms. The van der Waals surface area contributed by atoms with Gasteiger partial charge in [-0.1, -0.05) is 12.1 Å². The van der Waals surface area contributed by atoms with Gasteiger partial charge in [0.25, 0.3) is 0 Å². The number of para-hydroxylation sites is 1. The van der Waals surface area contributed by atoms with Gasteiger partial charge < -0.3 is 14.2 Å². The third-order valence-electron chi connectivity index (χ3n) is 9.20. The lowest BCUT2D eigenvalue weighted by molar-refractivity contribution is -0.166. The second-order valence-corrected chi connectivity index (χ2v) is 9.94. The number of anilines is 1. The Kier molecular flexibility index (Phi) is 3.91. The average molecular weight is 440 g/mol. The minimum absolute atomic E-state index is 0.0141. The van der Waals surface area contributed by atoms with Crippen LogP contribution in [-0.4, -0.2) is 68.7 Å². The second kappa shape index (κ2) is 6.25. The number of benzene rings is 1. The van der Waals surface area contributed by atoms with E-state index in [9.17, 15) is 14.4 Å². The van der Waals surface area contributed by atoms with Gasteiger partial charge in [-0.3, -0.25) is 14.6 Å². The number of rotatable bonds is 2. The van der Waals surface area contributed by atoms with Gasteiger partial charge in [-0.15, -0.1) is 0 Å². The maximum atomic E-state index is 13.9. The third kappa shape index (κ3) is 1.86. The van der Waals surface area contributed by atoms with E-state index in [2.05, 4.69) is 4.90 Å². The number of Topliss-reactive ketones (excluding diaryl/α,β-unsaturated/α-hetero) is 1. The van der Waals surface area contributed by atoms with Crippen molar-refractivity contribution in [2.45, 2.75) is 49.1 Å². The van der Waals surface area contributed by atoms with E-state index in [0.29, 0.717) is 37.2 Å². The Morgan fingerprint density at radius 2 is 1.91 bits per heavy atom. The van der Waals surface area contributed by atoms with Gasteiger partial charge in [0.2, 0.25) is 0 Å². The van der Waals surface area contributed by atoms with Crippen molar-refractivity contribution in [3.63, 3.8) is 0 Å². The number of ketones is 1. The molecule has 3 aliphatic heterocycles. The highest BCUT2D eigenvalue weighted by atomic mass is 16.6. The minimum Gasteiger partial charge on any atom is -0.495 e. The van der Waals surface area contributed by atoms with Crippen molar-refractivity contribution in [2.75, 3.05) is 39.3 Å². The molecule has 6 rings (SSSR count). The second-order valence-electron chi connectivity index (χ2n) is 9.94. The summed E-state index contributed by atoms with van der Waals surface area (Å²) in [6.07, 6.45) is 3.04. The van der Waals surface area contributed by atoms with E-state index in [4.69, 9.17) is 14.2 Å². The number of piperidine rings is 1. The van der Waals surface area contributed by atoms with Crippen LogP contribution < -0.4 is 9.64 Å². The van der Waals surface area contributed by atoms with Crippen LogP contribution in [0.5, 0.6) is 5.75 Å². The van der Waals surface area contributed by atoms with E-state index in [1.165, 1.54) is 19.1 Å². The summed E-state index contributed by atoms with van der Waals surface area (Å²) in [6, 6.07) is 5.63. The standard InChI is InChI=1S/C24H28N2O6/c1-30-17-7-4-6-14-18(17)26(21(29)32-3)23(20(28)31-2)10-9-22-8-5-11-25-13-15(16(27)12-22)24(14,23)19(22)25/h4,6-7,15,19H,5,8-13H2,1-3H3/t15-,19-,22-,23+,24-/m1/s1. The number of amides is 1. The van der Waals surface area contributed by atoms with E-state index in [1.807, 2.05) is 12.1 Å². The highest BCUT2D eigenvalue weighted by Crippen LogP contribution is 2.74. The van der Waals surface area contributed by atoms with Crippen LogP contribution in [0.2, 0.25) is 0 Å². The lowest BCUT2D eigenvalue weighted by Crippen LogP contribution is -2.78. The Morgan fingerprint density at radius 1 is 1.09 bits per heavy atom. The summed E-state index contributed by atoms with van der Waals surface area (Å²) in [6.45, 7) is 1.50. The molecule has 170 valence electrons. The molecule has 0 N–H and O–H groups in total. The Bertz CT molecular complexity index is 1060. The number of hydrogen-bond donors (Lipinski definition) is 0. The van der Waals surface area contributed by atoms with Crippen molar-refractivity contribution in [1.29, 1.82) is 0 Å². The smallest absolute Gasteiger partial charge is 0.415 e. The Hall–Kier alpha value is -2.61. The maximum Gasteiger partial charge on any atom is 0.415 e. The zero-order chi connectivity index (χ0) is 22.5. The lowest BCUT2D eigenvalue weighted by atomic mass is 9.41. The average Bonchev–Trinajstić information content (AvgIpc) is 3.28. The zero-order valence-electron chi connectivity index (χ0n) is 18.7. The van der Waals surface area contributed by atoms with Crippen LogP contribution in [0.4, 0.5) is 10.5 Å². The molecule has 1 aromatic carbocycles. The molecule has 5 aliphatic rings. The predicted molar refractivity (Wildman–Crippen MR) is 114 cm³/mol. The first-order valence-corrected chi connectivity index (χ1v) is 11.3. The van der Waals surface area contributed by atoms with Crippen LogP contribution in [0.25, 0.3) is 0 Å². The fourth-order valence-corrected chi connectivity index (χ4v) is 8.50. The van der Waals surface area contributed by atoms with Crippen molar-refractivity contribution in [3.8, 4) is 5.75 Å². The molecule has 0 unspecified atom stereocenters. The van der Waals surface area contributed by atoms with Crippen LogP contribution in [0.3, 0.4) is 0 Å². The van der Waals surface area contributed by atoms with Crippen LogP contribution in [0.1, 0.15) is 37.7 Å². The van der Waals surface area contributed by atoms with Crippen LogP contribution in [-0.2, 0) is 24.5 Å². The molecule has 1 aromatic rings. The van der Waals surface area contributed by atoms with Crippen LogP contribution >= 0.6 is 0 Å². The van der Waals surface area contributed by atoms with Gasteiger partial charge in [0, 0.05) is 24.9 Å². The van der Waals surface area contributed by atoms with Gasteiger partial charge in [0.15, 0.2) is 5.54 Å². The van der Waals surface area contributed by atoms with Gasteiger partial charge in [-0.05, 0) is 49.3 Å². The van der Waals surface area contributed by atoms with Crippen molar-refractivity contribution in [1.82, 2.24) is 4.90 Å². The fourth-order valence-electron chi connectivity index (χ4n) is 8.50. The number of ether oxygens (including phenoxy) is 3. The fraction of sp³-hybridized carbons (Fsp3) is 0.625. The summed E-state index contributed by atoms with van der Waals surface area (Å²) in [5.74, 6) is -0.189. The summed E-state index contributed by atoms with van der Waals surface area (Å²) in [5, 5.41) is 0. The van der Waals surface area contributed by atoms with Gasteiger partial charge in [0.05, 0.1) is 32.4 Å². The number of nitrogens with zero attached hydrogens (tertiary/aromatic N) is 2. The number of hydrogen-bond acceptors (Lipinski definition) is 7. The zero-order valence-corrected chi connectivity index (χ0v) is 18.7. The number of carbonyl (C=O) groups is 3. The molecule has 3 heterocycles. The molecule has 2 saturated heterocycles. The Labute approximate surface area is 186 Å². The monoisotopic (exact) mass is 440 g/mol. The first kappa shape index (κ1) is 20.0. The molecule has 4 fully saturated rings. The molecule has 5 atom stereocenters.